The zero-order valence-electron chi connectivity index (χ0n) is 12.7. The van der Waals surface area contributed by atoms with Gasteiger partial charge in [0.2, 0.25) is 5.91 Å². The normalized spacial score (nSPS) is 13.7. The number of hydrogen-bond acceptors (Lipinski definition) is 4. The predicted molar refractivity (Wildman–Crippen MR) is 83.3 cm³/mol. The Balaban J connectivity index is 2.11. The first-order valence-corrected chi connectivity index (χ1v) is 7.00. The van der Waals surface area contributed by atoms with Crippen molar-refractivity contribution in [2.45, 2.75) is 18.9 Å². The number of benzene rings is 1. The molecule has 1 aliphatic rings. The van der Waals surface area contributed by atoms with Gasteiger partial charge in [-0.1, -0.05) is 0 Å². The highest BCUT2D eigenvalue weighted by molar-refractivity contribution is 5.96. The fraction of sp³-hybridized carbons (Fsp3) is 0.467. The fourth-order valence-corrected chi connectivity index (χ4v) is 2.07. The van der Waals surface area contributed by atoms with Crippen LogP contribution in [0.3, 0.4) is 0 Å². The van der Waals surface area contributed by atoms with Gasteiger partial charge in [0.05, 0.1) is 17.9 Å². The molecule has 0 aliphatic heterocycles. The van der Waals surface area contributed by atoms with Gasteiger partial charge in [0, 0.05) is 32.7 Å². The van der Waals surface area contributed by atoms with E-state index in [1.807, 2.05) is 0 Å². The topological polar surface area (TPSA) is 78.7 Å². The summed E-state index contributed by atoms with van der Waals surface area (Å²) in [6.07, 6.45) is 2.12. The zero-order valence-corrected chi connectivity index (χ0v) is 12.7. The largest absolute Gasteiger partial charge is 0.397 e. The number of nitrogens with zero attached hydrogens (tertiary/aromatic N) is 2. The van der Waals surface area contributed by atoms with Gasteiger partial charge in [0.15, 0.2) is 0 Å². The van der Waals surface area contributed by atoms with E-state index >= 15 is 0 Å². The van der Waals surface area contributed by atoms with Crippen LogP contribution in [-0.4, -0.2) is 50.4 Å². The Morgan fingerprint density at radius 3 is 2.52 bits per heavy atom. The molecule has 114 valence electrons. The summed E-state index contributed by atoms with van der Waals surface area (Å²) < 4.78 is 0. The van der Waals surface area contributed by atoms with E-state index in [0.717, 1.165) is 12.8 Å². The Bertz CT molecular complexity index is 553. The molecule has 0 radical (unpaired) electrons. The summed E-state index contributed by atoms with van der Waals surface area (Å²) in [7, 11) is 5.19. The van der Waals surface area contributed by atoms with E-state index in [4.69, 9.17) is 5.73 Å². The van der Waals surface area contributed by atoms with Gasteiger partial charge in [-0.15, -0.1) is 0 Å². The van der Waals surface area contributed by atoms with Crippen LogP contribution in [0.1, 0.15) is 23.2 Å². The smallest absolute Gasteiger partial charge is 0.253 e. The highest BCUT2D eigenvalue weighted by Crippen LogP contribution is 2.24. The predicted octanol–water partition coefficient (Wildman–Crippen LogP) is 0.685. The molecule has 0 unspecified atom stereocenters. The molecule has 2 amide bonds. The Kier molecular flexibility index (Phi) is 4.35. The highest BCUT2D eigenvalue weighted by Gasteiger charge is 2.24. The number of likely N-dealkylation sites (N-methyl/N-ethyl adjacent to an activating group) is 1. The summed E-state index contributed by atoms with van der Waals surface area (Å²) in [6.45, 7) is 0.223. The van der Waals surface area contributed by atoms with E-state index in [-0.39, 0.29) is 18.4 Å². The molecule has 1 aromatic rings. The van der Waals surface area contributed by atoms with Gasteiger partial charge >= 0.3 is 0 Å². The van der Waals surface area contributed by atoms with Gasteiger partial charge in [0.25, 0.3) is 5.91 Å². The molecule has 6 heteroatoms. The van der Waals surface area contributed by atoms with Crippen LogP contribution in [0, 0.1) is 0 Å². The van der Waals surface area contributed by atoms with Crippen molar-refractivity contribution in [2.75, 3.05) is 38.3 Å². The average Bonchev–Trinajstić information content (AvgIpc) is 3.21. The van der Waals surface area contributed by atoms with E-state index in [1.165, 1.54) is 4.90 Å². The van der Waals surface area contributed by atoms with E-state index in [1.54, 1.807) is 44.2 Å². The second-order valence-corrected chi connectivity index (χ2v) is 5.67. The van der Waals surface area contributed by atoms with Crippen molar-refractivity contribution in [3.8, 4) is 0 Å². The Labute approximate surface area is 124 Å². The first-order chi connectivity index (χ1) is 9.88. The molecule has 0 heterocycles. The van der Waals surface area contributed by atoms with Crippen LogP contribution < -0.4 is 16.0 Å². The molecule has 1 aromatic carbocycles. The Hall–Kier alpha value is -2.24. The first kappa shape index (κ1) is 15.2. The molecular formula is C15H22N4O2. The molecular weight excluding hydrogens is 268 g/mol. The van der Waals surface area contributed by atoms with E-state index in [9.17, 15) is 9.59 Å². The minimum absolute atomic E-state index is 0.0243. The molecule has 1 aliphatic carbocycles. The number of hydrogen-bond donors (Lipinski definition) is 2. The molecule has 0 spiro atoms. The van der Waals surface area contributed by atoms with Gasteiger partial charge in [-0.3, -0.25) is 9.59 Å². The highest BCUT2D eigenvalue weighted by atomic mass is 16.2. The molecule has 3 N–H and O–H groups in total. The minimum atomic E-state index is -0.0907. The number of nitrogen functional groups attached to an aromatic ring is 1. The quantitative estimate of drug-likeness (QED) is 0.782. The summed E-state index contributed by atoms with van der Waals surface area (Å²) in [5.74, 6) is -0.115. The third-order valence-electron chi connectivity index (χ3n) is 3.42. The maximum absolute atomic E-state index is 12.0. The third kappa shape index (κ3) is 3.87. The Morgan fingerprint density at radius 1 is 1.29 bits per heavy atom. The molecule has 0 bridgehead atoms. The Morgan fingerprint density at radius 2 is 1.95 bits per heavy atom. The first-order valence-electron chi connectivity index (χ1n) is 7.00. The van der Waals surface area contributed by atoms with Gasteiger partial charge in [-0.05, 0) is 31.0 Å². The number of amides is 2. The molecule has 2 rings (SSSR count). The van der Waals surface area contributed by atoms with Gasteiger partial charge in [0.1, 0.15) is 0 Å². The van der Waals surface area contributed by atoms with Crippen molar-refractivity contribution < 1.29 is 9.59 Å². The number of nitrogens with one attached hydrogen (secondary N) is 1. The van der Waals surface area contributed by atoms with Crippen LogP contribution in [-0.2, 0) is 4.79 Å². The summed E-state index contributed by atoms with van der Waals surface area (Å²) >= 11 is 0. The van der Waals surface area contributed by atoms with Crippen LogP contribution in [0.25, 0.3) is 0 Å². The molecule has 0 saturated heterocycles. The monoisotopic (exact) mass is 290 g/mol. The number of carbonyl (C=O) groups excluding carboxylic acids is 2. The summed E-state index contributed by atoms with van der Waals surface area (Å²) in [5.41, 5.74) is 7.75. The van der Waals surface area contributed by atoms with Crippen LogP contribution in [0.15, 0.2) is 18.2 Å². The molecule has 1 saturated carbocycles. The van der Waals surface area contributed by atoms with E-state index in [2.05, 4.69) is 5.32 Å². The van der Waals surface area contributed by atoms with Gasteiger partial charge in [-0.2, -0.15) is 0 Å². The lowest BCUT2D eigenvalue weighted by molar-refractivity contribution is -0.119. The third-order valence-corrected chi connectivity index (χ3v) is 3.42. The number of carbonyl (C=O) groups is 2. The fourth-order valence-electron chi connectivity index (χ4n) is 2.07. The second-order valence-electron chi connectivity index (χ2n) is 5.67. The van der Waals surface area contributed by atoms with Crippen molar-refractivity contribution in [1.82, 2.24) is 10.2 Å². The number of nitrogens with two attached hydrogens (primary N) is 1. The molecule has 21 heavy (non-hydrogen) atoms. The maximum atomic E-state index is 12.0. The number of anilines is 2. The second kappa shape index (κ2) is 6.03. The summed E-state index contributed by atoms with van der Waals surface area (Å²) in [4.78, 5) is 27.1. The zero-order chi connectivity index (χ0) is 15.6. The van der Waals surface area contributed by atoms with Crippen molar-refractivity contribution in [2.24, 2.45) is 0 Å². The van der Waals surface area contributed by atoms with Crippen molar-refractivity contribution in [1.29, 1.82) is 0 Å². The van der Waals surface area contributed by atoms with Crippen molar-refractivity contribution in [3.05, 3.63) is 23.8 Å². The average molecular weight is 290 g/mol. The molecule has 6 nitrogen and oxygen atoms in total. The van der Waals surface area contributed by atoms with Crippen molar-refractivity contribution in [3.63, 3.8) is 0 Å². The number of rotatable bonds is 5. The van der Waals surface area contributed by atoms with Crippen LogP contribution in [0.2, 0.25) is 0 Å². The SMILES string of the molecule is CN(C)C(=O)c1ccc(N)c(N(C)CC(=O)NC2CC2)c1. The van der Waals surface area contributed by atoms with Crippen LogP contribution in [0.4, 0.5) is 11.4 Å². The molecule has 0 aromatic heterocycles. The minimum Gasteiger partial charge on any atom is -0.397 e. The maximum Gasteiger partial charge on any atom is 0.253 e. The van der Waals surface area contributed by atoms with Crippen LogP contribution >= 0.6 is 0 Å². The molecule has 1 fully saturated rings. The van der Waals surface area contributed by atoms with Crippen molar-refractivity contribution >= 4 is 23.2 Å². The van der Waals surface area contributed by atoms with E-state index < -0.39 is 0 Å². The lowest BCUT2D eigenvalue weighted by atomic mass is 10.1. The lowest BCUT2D eigenvalue weighted by Gasteiger charge is -2.22. The molecule has 0 atom stereocenters. The summed E-state index contributed by atoms with van der Waals surface area (Å²) in [6, 6.07) is 5.45. The van der Waals surface area contributed by atoms with E-state index in [0.29, 0.717) is 23.0 Å². The van der Waals surface area contributed by atoms with Crippen LogP contribution in [0.5, 0.6) is 0 Å². The van der Waals surface area contributed by atoms with Gasteiger partial charge in [-0.25, -0.2) is 0 Å². The standard InChI is InChI=1S/C15H22N4O2/c1-18(2)15(21)10-4-7-12(16)13(8-10)19(3)9-14(20)17-11-5-6-11/h4,7-8,11H,5-6,9,16H2,1-3H3,(H,17,20). The summed E-state index contributed by atoms with van der Waals surface area (Å²) in [5, 5.41) is 2.93. The van der Waals surface area contributed by atoms with Gasteiger partial charge < -0.3 is 20.9 Å². The lowest BCUT2D eigenvalue weighted by Crippen LogP contribution is -2.36.